The number of aromatic amines is 1. The van der Waals surface area contributed by atoms with Gasteiger partial charge < -0.3 is 4.98 Å². The number of aromatic nitrogens is 2. The van der Waals surface area contributed by atoms with Crippen LogP contribution in [0.2, 0.25) is 0 Å². The lowest BCUT2D eigenvalue weighted by atomic mass is 9.97. The number of pyridine rings is 1. The SMILES string of the molecule is CC(C)c1cc(C(C)C)c2cc[nH]c2n1. The molecular weight excluding hydrogens is 184 g/mol. The number of fused-ring (bicyclic) bond motifs is 1. The summed E-state index contributed by atoms with van der Waals surface area (Å²) in [4.78, 5) is 7.82. The fraction of sp³-hybridized carbons (Fsp3) is 0.462. The molecule has 15 heavy (non-hydrogen) atoms. The van der Waals surface area contributed by atoms with E-state index in [1.807, 2.05) is 6.20 Å². The summed E-state index contributed by atoms with van der Waals surface area (Å²) in [5.41, 5.74) is 3.59. The number of hydrogen-bond acceptors (Lipinski definition) is 1. The maximum Gasteiger partial charge on any atom is 0.137 e. The average Bonchev–Trinajstić information content (AvgIpc) is 2.62. The topological polar surface area (TPSA) is 28.7 Å². The van der Waals surface area contributed by atoms with E-state index < -0.39 is 0 Å². The Kier molecular flexibility index (Phi) is 2.51. The first kappa shape index (κ1) is 10.2. The number of rotatable bonds is 2. The first-order chi connectivity index (χ1) is 7.09. The van der Waals surface area contributed by atoms with E-state index in [2.05, 4.69) is 49.8 Å². The van der Waals surface area contributed by atoms with Crippen LogP contribution in [0.4, 0.5) is 0 Å². The fourth-order valence-electron chi connectivity index (χ4n) is 1.86. The summed E-state index contributed by atoms with van der Waals surface area (Å²) in [5, 5.41) is 1.26. The lowest BCUT2D eigenvalue weighted by molar-refractivity contribution is 0.810. The molecule has 2 nitrogen and oxygen atoms in total. The first-order valence-electron chi connectivity index (χ1n) is 5.57. The molecule has 0 fully saturated rings. The molecule has 2 rings (SSSR count). The molecule has 0 aliphatic rings. The highest BCUT2D eigenvalue weighted by atomic mass is 14.9. The Hall–Kier alpha value is -1.31. The standard InChI is InChI=1S/C13H18N2/c1-8(2)11-7-12(9(3)4)15-13-10(11)5-6-14-13/h5-9H,1-4H3,(H,14,15). The Morgan fingerprint density at radius 3 is 2.47 bits per heavy atom. The van der Waals surface area contributed by atoms with Crippen LogP contribution in [0, 0.1) is 0 Å². The molecule has 0 amide bonds. The van der Waals surface area contributed by atoms with Crippen LogP contribution in [0.15, 0.2) is 18.3 Å². The summed E-state index contributed by atoms with van der Waals surface area (Å²) in [6, 6.07) is 4.35. The monoisotopic (exact) mass is 202 g/mol. The zero-order valence-electron chi connectivity index (χ0n) is 9.83. The molecule has 0 saturated heterocycles. The molecule has 80 valence electrons. The number of nitrogens with zero attached hydrogens (tertiary/aromatic N) is 1. The first-order valence-corrected chi connectivity index (χ1v) is 5.57. The van der Waals surface area contributed by atoms with E-state index in [1.54, 1.807) is 0 Å². The lowest BCUT2D eigenvalue weighted by Crippen LogP contribution is -1.98. The minimum absolute atomic E-state index is 0.482. The maximum atomic E-state index is 4.62. The highest BCUT2D eigenvalue weighted by Crippen LogP contribution is 2.26. The molecule has 2 heterocycles. The van der Waals surface area contributed by atoms with Crippen LogP contribution < -0.4 is 0 Å². The summed E-state index contributed by atoms with van der Waals surface area (Å²) in [6.07, 6.45) is 1.97. The van der Waals surface area contributed by atoms with Crippen molar-refractivity contribution in [1.82, 2.24) is 9.97 Å². The Morgan fingerprint density at radius 2 is 1.87 bits per heavy atom. The zero-order valence-corrected chi connectivity index (χ0v) is 9.83. The van der Waals surface area contributed by atoms with Crippen LogP contribution in [-0.4, -0.2) is 9.97 Å². The second kappa shape index (κ2) is 3.69. The molecule has 2 aromatic rings. The Morgan fingerprint density at radius 1 is 1.13 bits per heavy atom. The van der Waals surface area contributed by atoms with E-state index in [0.29, 0.717) is 11.8 Å². The van der Waals surface area contributed by atoms with Gasteiger partial charge in [-0.05, 0) is 29.5 Å². The molecule has 0 saturated carbocycles. The van der Waals surface area contributed by atoms with E-state index in [1.165, 1.54) is 16.6 Å². The van der Waals surface area contributed by atoms with E-state index >= 15 is 0 Å². The van der Waals surface area contributed by atoms with Crippen molar-refractivity contribution in [2.75, 3.05) is 0 Å². The summed E-state index contributed by atoms with van der Waals surface area (Å²) >= 11 is 0. The predicted octanol–water partition coefficient (Wildman–Crippen LogP) is 3.81. The summed E-state index contributed by atoms with van der Waals surface area (Å²) in [5.74, 6) is 1.03. The molecule has 0 aliphatic carbocycles. The van der Waals surface area contributed by atoms with Crippen molar-refractivity contribution >= 4 is 11.0 Å². The Bertz CT molecular complexity index is 466. The summed E-state index contributed by atoms with van der Waals surface area (Å²) in [7, 11) is 0. The molecular formula is C13H18N2. The van der Waals surface area contributed by atoms with Crippen LogP contribution >= 0.6 is 0 Å². The number of nitrogens with one attached hydrogen (secondary N) is 1. The van der Waals surface area contributed by atoms with Crippen molar-refractivity contribution < 1.29 is 0 Å². The van der Waals surface area contributed by atoms with Crippen molar-refractivity contribution in [3.63, 3.8) is 0 Å². The highest BCUT2D eigenvalue weighted by Gasteiger charge is 2.11. The van der Waals surface area contributed by atoms with Gasteiger partial charge in [-0.1, -0.05) is 27.7 Å². The third-order valence-corrected chi connectivity index (χ3v) is 2.79. The van der Waals surface area contributed by atoms with Crippen LogP contribution in [0.1, 0.15) is 50.8 Å². The number of H-pyrrole nitrogens is 1. The third kappa shape index (κ3) is 1.76. The maximum absolute atomic E-state index is 4.62. The van der Waals surface area contributed by atoms with Gasteiger partial charge in [0.25, 0.3) is 0 Å². The Balaban J connectivity index is 2.69. The average molecular weight is 202 g/mol. The molecule has 0 spiro atoms. The minimum Gasteiger partial charge on any atom is -0.346 e. The Labute approximate surface area is 90.7 Å². The van der Waals surface area contributed by atoms with Gasteiger partial charge in [-0.25, -0.2) is 4.98 Å². The van der Waals surface area contributed by atoms with Crippen molar-refractivity contribution in [1.29, 1.82) is 0 Å². The smallest absolute Gasteiger partial charge is 0.137 e. The summed E-state index contributed by atoms with van der Waals surface area (Å²) in [6.45, 7) is 8.82. The molecule has 0 radical (unpaired) electrons. The van der Waals surface area contributed by atoms with Gasteiger partial charge in [0, 0.05) is 17.3 Å². The van der Waals surface area contributed by atoms with Gasteiger partial charge in [-0.15, -0.1) is 0 Å². The van der Waals surface area contributed by atoms with E-state index in [0.717, 1.165) is 5.65 Å². The van der Waals surface area contributed by atoms with Crippen molar-refractivity contribution in [3.8, 4) is 0 Å². The summed E-state index contributed by atoms with van der Waals surface area (Å²) < 4.78 is 0. The van der Waals surface area contributed by atoms with E-state index in [4.69, 9.17) is 0 Å². The minimum atomic E-state index is 0.482. The van der Waals surface area contributed by atoms with Gasteiger partial charge in [0.2, 0.25) is 0 Å². The third-order valence-electron chi connectivity index (χ3n) is 2.79. The van der Waals surface area contributed by atoms with Gasteiger partial charge in [-0.2, -0.15) is 0 Å². The van der Waals surface area contributed by atoms with E-state index in [9.17, 15) is 0 Å². The largest absolute Gasteiger partial charge is 0.346 e. The highest BCUT2D eigenvalue weighted by molar-refractivity contribution is 5.80. The van der Waals surface area contributed by atoms with Crippen LogP contribution in [0.5, 0.6) is 0 Å². The normalized spacial score (nSPS) is 11.9. The quantitative estimate of drug-likeness (QED) is 0.788. The second-order valence-corrected chi connectivity index (χ2v) is 4.69. The molecule has 2 heteroatoms. The molecule has 0 unspecified atom stereocenters. The van der Waals surface area contributed by atoms with Gasteiger partial charge in [0.1, 0.15) is 5.65 Å². The van der Waals surface area contributed by atoms with Crippen LogP contribution in [0.25, 0.3) is 11.0 Å². The van der Waals surface area contributed by atoms with Crippen LogP contribution in [-0.2, 0) is 0 Å². The van der Waals surface area contributed by atoms with Gasteiger partial charge >= 0.3 is 0 Å². The molecule has 2 aromatic heterocycles. The van der Waals surface area contributed by atoms with Gasteiger partial charge in [0.15, 0.2) is 0 Å². The van der Waals surface area contributed by atoms with Gasteiger partial charge in [0.05, 0.1) is 0 Å². The molecule has 0 bridgehead atoms. The molecule has 1 N–H and O–H groups in total. The van der Waals surface area contributed by atoms with Gasteiger partial charge in [-0.3, -0.25) is 0 Å². The predicted molar refractivity (Wildman–Crippen MR) is 64.3 cm³/mol. The lowest BCUT2D eigenvalue weighted by Gasteiger charge is -2.11. The fourth-order valence-corrected chi connectivity index (χ4v) is 1.86. The number of hydrogen-bond donors (Lipinski definition) is 1. The molecule has 0 aromatic carbocycles. The van der Waals surface area contributed by atoms with Crippen LogP contribution in [0.3, 0.4) is 0 Å². The molecule has 0 atom stereocenters. The van der Waals surface area contributed by atoms with Crippen molar-refractivity contribution in [3.05, 3.63) is 29.6 Å². The van der Waals surface area contributed by atoms with E-state index in [-0.39, 0.29) is 0 Å². The zero-order chi connectivity index (χ0) is 11.0. The van der Waals surface area contributed by atoms with Crippen molar-refractivity contribution in [2.45, 2.75) is 39.5 Å². The van der Waals surface area contributed by atoms with Crippen molar-refractivity contribution in [2.24, 2.45) is 0 Å². The second-order valence-electron chi connectivity index (χ2n) is 4.69. The molecule has 0 aliphatic heterocycles.